The van der Waals surface area contributed by atoms with E-state index in [0.717, 1.165) is 21.5 Å². The van der Waals surface area contributed by atoms with Crippen molar-refractivity contribution in [2.45, 2.75) is 81.6 Å². The number of nitrogens with one attached hydrogen (secondary N) is 1. The Hall–Kier alpha value is -4.25. The molecule has 1 heterocycles. The summed E-state index contributed by atoms with van der Waals surface area (Å²) in [4.78, 5) is 5.00. The zero-order chi connectivity index (χ0) is 36.8. The Bertz CT molecular complexity index is 1850. The lowest BCUT2D eigenvalue weighted by Crippen LogP contribution is -2.71. The van der Waals surface area contributed by atoms with Gasteiger partial charge in [-0.25, -0.2) is 4.99 Å². The molecule has 9 heteroatoms. The van der Waals surface area contributed by atoms with Crippen LogP contribution in [0.1, 0.15) is 52.7 Å². The number of aliphatic hydroxyl groups is 3. The van der Waals surface area contributed by atoms with E-state index < -0.39 is 48.3 Å². The topological polar surface area (TPSA) is 113 Å². The quantitative estimate of drug-likeness (QED) is 0.160. The van der Waals surface area contributed by atoms with E-state index in [4.69, 9.17) is 18.9 Å². The van der Waals surface area contributed by atoms with Crippen molar-refractivity contribution in [3.63, 3.8) is 0 Å². The van der Waals surface area contributed by atoms with Gasteiger partial charge in [-0.1, -0.05) is 106 Å². The monoisotopic (exact) mass is 706 g/mol. The van der Waals surface area contributed by atoms with Crippen LogP contribution in [0.2, 0.25) is 5.04 Å². The van der Waals surface area contributed by atoms with Gasteiger partial charge in [-0.3, -0.25) is 0 Å². The molecule has 1 spiro atoms. The molecule has 4 aromatic carbocycles. The Morgan fingerprint density at radius 1 is 0.922 bits per heavy atom. The van der Waals surface area contributed by atoms with Crippen molar-refractivity contribution in [1.82, 2.24) is 0 Å². The molecule has 6 rings (SSSR count). The highest BCUT2D eigenvalue weighted by atomic mass is 28.4. The second kappa shape index (κ2) is 13.4. The van der Waals surface area contributed by atoms with Crippen molar-refractivity contribution >= 4 is 35.8 Å². The molecule has 1 aliphatic heterocycles. The number of hydrogen-bond acceptors (Lipinski definition) is 8. The third-order valence-corrected chi connectivity index (χ3v) is 16.0. The van der Waals surface area contributed by atoms with Gasteiger partial charge < -0.3 is 34.5 Å². The van der Waals surface area contributed by atoms with E-state index in [2.05, 4.69) is 56.9 Å². The van der Waals surface area contributed by atoms with Gasteiger partial charge in [0.25, 0.3) is 8.32 Å². The summed E-state index contributed by atoms with van der Waals surface area (Å²) in [7, 11) is -1.61. The number of methoxy groups -OCH3 is 1. The lowest BCUT2D eigenvalue weighted by atomic mass is 9.74. The molecule has 0 bridgehead atoms. The number of benzene rings is 4. The Morgan fingerprint density at radius 2 is 1.51 bits per heavy atom. The fourth-order valence-electron chi connectivity index (χ4n) is 8.14. The number of aliphatic imine (C=N–C) groups is 1. The van der Waals surface area contributed by atoms with Gasteiger partial charge in [0, 0.05) is 11.3 Å². The molecule has 4 aromatic rings. The number of hydrogen-bond donors (Lipinski definition) is 4. The summed E-state index contributed by atoms with van der Waals surface area (Å²) in [5, 5.41) is 43.8. The van der Waals surface area contributed by atoms with Crippen molar-refractivity contribution in [3.05, 3.63) is 127 Å². The summed E-state index contributed by atoms with van der Waals surface area (Å²) in [5.41, 5.74) is -2.78. The second-order valence-electron chi connectivity index (χ2n) is 15.1. The first-order valence-corrected chi connectivity index (χ1v) is 19.3. The first-order valence-electron chi connectivity index (χ1n) is 17.4. The summed E-state index contributed by atoms with van der Waals surface area (Å²) < 4.78 is 19.0. The normalized spacial score (nSPS) is 27.6. The molecule has 8 nitrogen and oxygen atoms in total. The van der Waals surface area contributed by atoms with Crippen LogP contribution in [0.5, 0.6) is 5.75 Å². The Labute approximate surface area is 302 Å². The van der Waals surface area contributed by atoms with E-state index in [1.54, 1.807) is 26.2 Å². The van der Waals surface area contributed by atoms with Crippen molar-refractivity contribution in [2.24, 2.45) is 4.99 Å². The van der Waals surface area contributed by atoms with Crippen LogP contribution in [0.4, 0.5) is 5.69 Å². The first-order chi connectivity index (χ1) is 24.1. The van der Waals surface area contributed by atoms with Gasteiger partial charge in [0.15, 0.2) is 5.54 Å². The predicted molar refractivity (Wildman–Crippen MR) is 207 cm³/mol. The third kappa shape index (κ3) is 5.81. The highest BCUT2D eigenvalue weighted by Gasteiger charge is 2.78. The molecule has 0 aromatic heterocycles. The lowest BCUT2D eigenvalue weighted by molar-refractivity contribution is -0.173. The summed E-state index contributed by atoms with van der Waals surface area (Å²) in [6, 6.07) is 34.0. The molecule has 1 saturated carbocycles. The highest BCUT2D eigenvalue weighted by Crippen LogP contribution is 2.55. The average molecular weight is 707 g/mol. The zero-order valence-corrected chi connectivity index (χ0v) is 31.6. The average Bonchev–Trinajstić information content (AvgIpc) is 3.53. The Kier molecular flexibility index (Phi) is 9.58. The van der Waals surface area contributed by atoms with Crippen LogP contribution >= 0.6 is 0 Å². The predicted octanol–water partition coefficient (Wildman–Crippen LogP) is 5.55. The van der Waals surface area contributed by atoms with Gasteiger partial charge in [-0.15, -0.1) is 0 Å². The number of allylic oxidation sites excluding steroid dienone is 1. The van der Waals surface area contributed by atoms with Crippen LogP contribution < -0.4 is 20.4 Å². The van der Waals surface area contributed by atoms with Crippen LogP contribution in [0.15, 0.2) is 121 Å². The number of nitrogens with zero attached hydrogens (tertiary/aromatic N) is 1. The largest absolute Gasteiger partial charge is 0.497 e. The van der Waals surface area contributed by atoms with Crippen LogP contribution in [0, 0.1) is 0 Å². The molecular weight excluding hydrogens is 657 g/mol. The van der Waals surface area contributed by atoms with Crippen molar-refractivity contribution < 1.29 is 29.2 Å². The molecule has 268 valence electrons. The van der Waals surface area contributed by atoms with Crippen LogP contribution in [-0.2, 0) is 9.16 Å². The maximum Gasteiger partial charge on any atom is 0.261 e. The molecule has 51 heavy (non-hydrogen) atoms. The van der Waals surface area contributed by atoms with Gasteiger partial charge >= 0.3 is 0 Å². The first kappa shape index (κ1) is 36.5. The van der Waals surface area contributed by atoms with Crippen LogP contribution in [-0.4, -0.2) is 78.2 Å². The van der Waals surface area contributed by atoms with Crippen molar-refractivity contribution in [2.75, 3.05) is 19.0 Å². The lowest BCUT2D eigenvalue weighted by Gasteiger charge is -2.48. The molecule has 4 N–H and O–H groups in total. The fraction of sp³-hybridized carbons (Fsp3) is 0.357. The minimum Gasteiger partial charge on any atom is -0.497 e. The zero-order valence-electron chi connectivity index (χ0n) is 30.6. The Balaban J connectivity index is 1.51. The molecule has 0 amide bonds. The van der Waals surface area contributed by atoms with Crippen molar-refractivity contribution in [3.8, 4) is 5.75 Å². The molecule has 1 aliphatic carbocycles. The third-order valence-electron chi connectivity index (χ3n) is 11.0. The summed E-state index contributed by atoms with van der Waals surface area (Å²) in [6.07, 6.45) is -2.24. The summed E-state index contributed by atoms with van der Waals surface area (Å²) in [5.74, 6) is 0.925. The molecule has 0 unspecified atom stereocenters. The van der Waals surface area contributed by atoms with Gasteiger partial charge in [0.2, 0.25) is 5.90 Å². The molecule has 0 saturated heterocycles. The number of anilines is 1. The number of aliphatic hydroxyl groups excluding tert-OH is 1. The van der Waals surface area contributed by atoms with Gasteiger partial charge in [0.05, 0.1) is 19.8 Å². The minimum absolute atomic E-state index is 0.254. The minimum atomic E-state index is -3.21. The molecule has 1 fully saturated rings. The van der Waals surface area contributed by atoms with E-state index in [0.29, 0.717) is 17.0 Å². The number of ether oxygens (including phenoxy) is 2. The van der Waals surface area contributed by atoms with Gasteiger partial charge in [0.1, 0.15) is 29.2 Å². The summed E-state index contributed by atoms with van der Waals surface area (Å²) in [6.45, 7) is 15.5. The molecule has 6 atom stereocenters. The van der Waals surface area contributed by atoms with Crippen LogP contribution in [0.25, 0.3) is 5.57 Å². The smallest absolute Gasteiger partial charge is 0.261 e. The second-order valence-corrected chi connectivity index (χ2v) is 19.4. The fourth-order valence-corrected chi connectivity index (χ4v) is 12.7. The van der Waals surface area contributed by atoms with Gasteiger partial charge in [-0.05, 0) is 78.1 Å². The van der Waals surface area contributed by atoms with E-state index in [9.17, 15) is 15.3 Å². The van der Waals surface area contributed by atoms with Crippen LogP contribution in [0.3, 0.4) is 0 Å². The molecular formula is C42H50N2O6Si. The van der Waals surface area contributed by atoms with E-state index in [1.165, 1.54) is 6.92 Å². The van der Waals surface area contributed by atoms with E-state index in [-0.39, 0.29) is 12.5 Å². The standard InChI is InChI=1S/C42H50N2O6Si/c1-28(2)31-16-15-17-32(26-31)43-36-37(45)42(29(3)50-38(44-42)30-22-24-33(48-8)25-23-30)40(7,46)41(36,47)27-49-51(39(4,5)6,34-18-11-9-12-19-34)35-20-13-10-14-21-35/h9-26,29,36-37,43,45-47H,1,27H2,2-8H3/t29-,36-,37-,40-,41+,42-/m0/s1. The Morgan fingerprint density at radius 3 is 2.04 bits per heavy atom. The summed E-state index contributed by atoms with van der Waals surface area (Å²) >= 11 is 0. The molecule has 2 aliphatic rings. The van der Waals surface area contributed by atoms with Gasteiger partial charge in [-0.2, -0.15) is 0 Å². The maximum absolute atomic E-state index is 13.2. The maximum atomic E-state index is 13.2. The van der Waals surface area contributed by atoms with E-state index >= 15 is 0 Å². The SMILES string of the molecule is C=C(C)c1cccc(N[C@H]2[C@H](O)[C@]3(N=C(c4ccc(OC)cc4)O[C@H]3C)[C@@](C)(O)[C@@]2(O)CO[Si](c2ccccc2)(c2ccccc2)C(C)(C)C)c1. The highest BCUT2D eigenvalue weighted by molar-refractivity contribution is 6.99. The molecule has 0 radical (unpaired) electrons. The van der Waals surface area contributed by atoms with E-state index in [1.807, 2.05) is 79.7 Å². The van der Waals surface area contributed by atoms with Crippen molar-refractivity contribution in [1.29, 1.82) is 0 Å². The number of rotatable bonds is 10.